The molecule has 0 atom stereocenters. The van der Waals surface area contributed by atoms with Gasteiger partial charge in [0, 0.05) is 44.8 Å². The predicted molar refractivity (Wildman–Crippen MR) is 75.7 cm³/mol. The highest BCUT2D eigenvalue weighted by atomic mass is 32.2. The Hall–Kier alpha value is -0.190. The first-order chi connectivity index (χ1) is 7.72. The van der Waals surface area contributed by atoms with Gasteiger partial charge in [-0.2, -0.15) is 0 Å². The molecule has 16 heavy (non-hydrogen) atoms. The van der Waals surface area contributed by atoms with Crippen molar-refractivity contribution in [2.45, 2.75) is 20.8 Å². The molecule has 1 saturated heterocycles. The minimum atomic E-state index is 1.12. The van der Waals surface area contributed by atoms with Crippen LogP contribution in [0.4, 0.5) is 0 Å². The van der Waals surface area contributed by atoms with Crippen LogP contribution in [-0.2, 0) is 0 Å². The summed E-state index contributed by atoms with van der Waals surface area (Å²) >= 11 is 1.88. The molecule has 0 bridgehead atoms. The number of nitrogens with zero attached hydrogens (tertiary/aromatic N) is 2. The molecule has 96 valence electrons. The molecule has 0 aromatic heterocycles. The molecule has 1 fully saturated rings. The lowest BCUT2D eigenvalue weighted by Crippen LogP contribution is -2.44. The van der Waals surface area contributed by atoms with E-state index in [4.69, 9.17) is 0 Å². The van der Waals surface area contributed by atoms with Gasteiger partial charge in [-0.25, -0.2) is 0 Å². The minimum Gasteiger partial charge on any atom is -0.391 e. The van der Waals surface area contributed by atoms with Crippen molar-refractivity contribution in [1.29, 1.82) is 0 Å². The second-order valence-electron chi connectivity index (χ2n) is 3.77. The van der Waals surface area contributed by atoms with Gasteiger partial charge in [0.05, 0.1) is 0 Å². The Labute approximate surface area is 105 Å². The maximum absolute atomic E-state index is 3.12. The lowest BCUT2D eigenvalue weighted by atomic mass is 10.4. The molecule has 4 heteroatoms. The van der Waals surface area contributed by atoms with E-state index >= 15 is 0 Å². The first kappa shape index (κ1) is 15.8. The molecule has 0 unspecified atom stereocenters. The lowest BCUT2D eigenvalue weighted by Gasteiger charge is -2.31. The van der Waals surface area contributed by atoms with Crippen LogP contribution < -0.4 is 5.32 Å². The maximum atomic E-state index is 3.12. The Bertz CT molecular complexity index is 187. The number of hydrogen-bond donors (Lipinski definition) is 1. The molecule has 1 heterocycles. The number of piperazine rings is 1. The van der Waals surface area contributed by atoms with E-state index in [-0.39, 0.29) is 0 Å². The smallest absolute Gasteiger partial charge is 0.0487 e. The highest BCUT2D eigenvalue weighted by Crippen LogP contribution is 2.09. The van der Waals surface area contributed by atoms with Crippen LogP contribution in [-0.4, -0.2) is 56.0 Å². The highest BCUT2D eigenvalue weighted by Gasteiger charge is 2.12. The molecular formula is C12H27N3S. The Morgan fingerprint density at radius 1 is 1.25 bits per heavy atom. The summed E-state index contributed by atoms with van der Waals surface area (Å²) in [5.41, 5.74) is 1.24. The molecule has 0 spiro atoms. The van der Waals surface area contributed by atoms with Gasteiger partial charge in [0.2, 0.25) is 0 Å². The van der Waals surface area contributed by atoms with Crippen LogP contribution in [0.25, 0.3) is 0 Å². The number of rotatable bonds is 4. The van der Waals surface area contributed by atoms with E-state index in [2.05, 4.69) is 34.5 Å². The third-order valence-corrected chi connectivity index (χ3v) is 3.54. The van der Waals surface area contributed by atoms with E-state index in [0.717, 1.165) is 5.88 Å². The standard InChI is InChI=1S/C10H21N3S.C2H6/c1-10(11-2)8-14-9-13-6-4-12(3)5-7-13;1-2/h8,11H,4-7,9H2,1-3H3;1-2H3/b10-8-;. The molecule has 0 radical (unpaired) electrons. The van der Waals surface area contributed by atoms with Gasteiger partial charge in [-0.15, -0.1) is 11.8 Å². The molecular weight excluding hydrogens is 218 g/mol. The van der Waals surface area contributed by atoms with Crippen LogP contribution in [0.3, 0.4) is 0 Å². The summed E-state index contributed by atoms with van der Waals surface area (Å²) in [4.78, 5) is 4.89. The summed E-state index contributed by atoms with van der Waals surface area (Å²) in [6.07, 6.45) is 0. The first-order valence-corrected chi connectivity index (χ1v) is 7.14. The largest absolute Gasteiger partial charge is 0.391 e. The number of hydrogen-bond acceptors (Lipinski definition) is 4. The average molecular weight is 245 g/mol. The van der Waals surface area contributed by atoms with Crippen LogP contribution in [0.5, 0.6) is 0 Å². The Morgan fingerprint density at radius 2 is 1.81 bits per heavy atom. The summed E-state index contributed by atoms with van der Waals surface area (Å²) < 4.78 is 0. The third kappa shape index (κ3) is 7.14. The van der Waals surface area contributed by atoms with Gasteiger partial charge in [0.1, 0.15) is 0 Å². The molecule has 0 aromatic carbocycles. The van der Waals surface area contributed by atoms with Gasteiger partial charge in [-0.3, -0.25) is 4.90 Å². The van der Waals surface area contributed by atoms with Crippen LogP contribution in [0.2, 0.25) is 0 Å². The van der Waals surface area contributed by atoms with Gasteiger partial charge in [-0.05, 0) is 19.4 Å². The fourth-order valence-corrected chi connectivity index (χ4v) is 2.21. The zero-order valence-corrected chi connectivity index (χ0v) is 12.2. The molecule has 0 amide bonds. The highest BCUT2D eigenvalue weighted by molar-refractivity contribution is 8.02. The van der Waals surface area contributed by atoms with Gasteiger partial charge < -0.3 is 10.2 Å². The van der Waals surface area contributed by atoms with Crippen molar-refractivity contribution in [2.24, 2.45) is 0 Å². The molecule has 1 aliphatic rings. The van der Waals surface area contributed by atoms with Crippen molar-refractivity contribution in [1.82, 2.24) is 15.1 Å². The average Bonchev–Trinajstić information content (AvgIpc) is 2.34. The Morgan fingerprint density at radius 3 is 2.31 bits per heavy atom. The Kier molecular flexibility index (Phi) is 9.88. The second kappa shape index (κ2) is 10.00. The summed E-state index contributed by atoms with van der Waals surface area (Å²) in [5, 5.41) is 5.32. The Balaban J connectivity index is 0.00000106. The zero-order chi connectivity index (χ0) is 12.4. The van der Waals surface area contributed by atoms with E-state index in [1.807, 2.05) is 32.7 Å². The van der Waals surface area contributed by atoms with Crippen LogP contribution in [0.1, 0.15) is 20.8 Å². The second-order valence-corrected chi connectivity index (χ2v) is 4.60. The number of nitrogens with one attached hydrogen (secondary N) is 1. The van der Waals surface area contributed by atoms with Gasteiger partial charge in [-0.1, -0.05) is 13.8 Å². The van der Waals surface area contributed by atoms with E-state index in [1.165, 1.54) is 31.9 Å². The summed E-state index contributed by atoms with van der Waals surface area (Å²) in [5.74, 6) is 1.12. The molecule has 3 nitrogen and oxygen atoms in total. The predicted octanol–water partition coefficient (Wildman–Crippen LogP) is 2.03. The molecule has 0 saturated carbocycles. The normalized spacial score (nSPS) is 18.9. The fourth-order valence-electron chi connectivity index (χ4n) is 1.30. The summed E-state index contributed by atoms with van der Waals surface area (Å²) in [7, 11) is 4.15. The van der Waals surface area contributed by atoms with Crippen molar-refractivity contribution in [2.75, 3.05) is 46.2 Å². The van der Waals surface area contributed by atoms with Crippen molar-refractivity contribution < 1.29 is 0 Å². The van der Waals surface area contributed by atoms with Crippen molar-refractivity contribution >= 4 is 11.8 Å². The van der Waals surface area contributed by atoms with Gasteiger partial charge >= 0.3 is 0 Å². The van der Waals surface area contributed by atoms with Crippen molar-refractivity contribution in [3.05, 3.63) is 11.1 Å². The van der Waals surface area contributed by atoms with E-state index in [9.17, 15) is 0 Å². The molecule has 1 rings (SSSR count). The van der Waals surface area contributed by atoms with E-state index in [1.54, 1.807) is 0 Å². The van der Waals surface area contributed by atoms with E-state index in [0.29, 0.717) is 0 Å². The quantitative estimate of drug-likeness (QED) is 0.816. The third-order valence-electron chi connectivity index (χ3n) is 2.51. The molecule has 0 aromatic rings. The zero-order valence-electron chi connectivity index (χ0n) is 11.4. The summed E-state index contributed by atoms with van der Waals surface area (Å²) in [6, 6.07) is 0. The van der Waals surface area contributed by atoms with Gasteiger partial charge in [0.25, 0.3) is 0 Å². The molecule has 0 aliphatic carbocycles. The van der Waals surface area contributed by atoms with Crippen molar-refractivity contribution in [3.63, 3.8) is 0 Å². The van der Waals surface area contributed by atoms with Crippen LogP contribution in [0.15, 0.2) is 11.1 Å². The SMILES string of the molecule is CC.CN/C(C)=C\SCN1CCN(C)CC1. The maximum Gasteiger partial charge on any atom is 0.0487 e. The minimum absolute atomic E-state index is 1.12. The number of thioether (sulfide) groups is 1. The van der Waals surface area contributed by atoms with Gasteiger partial charge in [0.15, 0.2) is 0 Å². The molecule has 1 N–H and O–H groups in total. The lowest BCUT2D eigenvalue weighted by molar-refractivity contribution is 0.175. The number of likely N-dealkylation sites (N-methyl/N-ethyl adjacent to an activating group) is 1. The van der Waals surface area contributed by atoms with E-state index < -0.39 is 0 Å². The van der Waals surface area contributed by atoms with Crippen LogP contribution >= 0.6 is 11.8 Å². The van der Waals surface area contributed by atoms with Crippen molar-refractivity contribution in [3.8, 4) is 0 Å². The summed E-state index contributed by atoms with van der Waals surface area (Å²) in [6.45, 7) is 10.9. The first-order valence-electron chi connectivity index (χ1n) is 6.09. The molecule has 1 aliphatic heterocycles. The number of allylic oxidation sites excluding steroid dienone is 1. The fraction of sp³-hybridized carbons (Fsp3) is 0.833. The van der Waals surface area contributed by atoms with Crippen LogP contribution in [0, 0.1) is 0 Å². The topological polar surface area (TPSA) is 18.5 Å². The monoisotopic (exact) mass is 245 g/mol.